The molecule has 2 aromatic carbocycles. The summed E-state index contributed by atoms with van der Waals surface area (Å²) in [7, 11) is -0.940. The fourth-order valence-corrected chi connectivity index (χ4v) is 4.81. The van der Waals surface area contributed by atoms with Gasteiger partial charge >= 0.3 is 0 Å². The van der Waals surface area contributed by atoms with Crippen LogP contribution in [0.1, 0.15) is 45.2 Å². The Morgan fingerprint density at radius 2 is 1.68 bits per heavy atom. The van der Waals surface area contributed by atoms with Crippen molar-refractivity contribution in [2.75, 3.05) is 31.3 Å². The number of amides is 2. The molecular weight excluding hydrogens is 494 g/mol. The number of carbonyl (C=O) groups excluding carboxylic acids is 2. The maximum atomic E-state index is 13.8. The van der Waals surface area contributed by atoms with E-state index in [0.29, 0.717) is 17.9 Å². The number of methoxy groups -OCH3 is 2. The fraction of sp³-hybridized carbons (Fsp3) is 0.481. The van der Waals surface area contributed by atoms with E-state index in [1.54, 1.807) is 12.1 Å². The van der Waals surface area contributed by atoms with E-state index in [9.17, 15) is 18.0 Å². The van der Waals surface area contributed by atoms with Gasteiger partial charge in [-0.1, -0.05) is 36.8 Å². The van der Waals surface area contributed by atoms with Gasteiger partial charge in [0, 0.05) is 18.2 Å². The number of rotatable bonds is 11. The number of aryl methyl sites for hydroxylation is 1. The van der Waals surface area contributed by atoms with E-state index >= 15 is 0 Å². The molecule has 2 amide bonds. The summed E-state index contributed by atoms with van der Waals surface area (Å²) in [5, 5.41) is 2.95. The normalized spacial score (nSPS) is 12.4. The fourth-order valence-electron chi connectivity index (χ4n) is 3.97. The Kier molecular flexibility index (Phi) is 9.97. The van der Waals surface area contributed by atoms with E-state index in [1.165, 1.54) is 25.2 Å². The Bertz CT molecular complexity index is 1210. The average molecular weight is 534 g/mol. The van der Waals surface area contributed by atoms with E-state index in [2.05, 4.69) is 5.32 Å². The molecule has 0 spiro atoms. The highest BCUT2D eigenvalue weighted by molar-refractivity contribution is 7.92. The standard InChI is InChI=1S/C27H39N3O6S/c1-9-22(26(32)28-27(3,4)5)29(17-20-12-10-11-19(2)15-20)25(31)18-30(37(8,33)34)21-13-14-23(35-6)24(16-21)36-7/h10-16,22H,9,17-18H2,1-8H3,(H,28,32)/t22-/m1/s1. The highest BCUT2D eigenvalue weighted by Gasteiger charge is 2.33. The number of hydrogen-bond donors (Lipinski definition) is 1. The van der Waals surface area contributed by atoms with Crippen LogP contribution in [0.5, 0.6) is 11.5 Å². The second-order valence-corrected chi connectivity index (χ2v) is 11.9. The van der Waals surface area contributed by atoms with Gasteiger partial charge in [-0.25, -0.2) is 8.42 Å². The second-order valence-electron chi connectivity index (χ2n) is 9.98. The number of anilines is 1. The lowest BCUT2D eigenvalue weighted by Gasteiger charge is -2.34. The Labute approximate surface area is 220 Å². The Morgan fingerprint density at radius 3 is 2.19 bits per heavy atom. The SMILES string of the molecule is CC[C@H](C(=O)NC(C)(C)C)N(Cc1cccc(C)c1)C(=O)CN(c1ccc(OC)c(OC)c1)S(C)(=O)=O. The zero-order valence-corrected chi connectivity index (χ0v) is 23.8. The number of sulfonamides is 1. The van der Waals surface area contributed by atoms with Gasteiger partial charge in [0.25, 0.3) is 0 Å². The number of benzene rings is 2. The van der Waals surface area contributed by atoms with Gasteiger partial charge in [0.2, 0.25) is 21.8 Å². The zero-order chi connectivity index (χ0) is 28.0. The van der Waals surface area contributed by atoms with Crippen LogP contribution >= 0.6 is 0 Å². The molecule has 10 heteroatoms. The largest absolute Gasteiger partial charge is 0.493 e. The lowest BCUT2D eigenvalue weighted by Crippen LogP contribution is -2.55. The third kappa shape index (κ3) is 8.38. The summed E-state index contributed by atoms with van der Waals surface area (Å²) in [6.07, 6.45) is 1.39. The van der Waals surface area contributed by atoms with E-state index in [4.69, 9.17) is 9.47 Å². The predicted molar refractivity (Wildman–Crippen MR) is 145 cm³/mol. The number of nitrogens with one attached hydrogen (secondary N) is 1. The van der Waals surface area contributed by atoms with Gasteiger partial charge in [-0.15, -0.1) is 0 Å². The van der Waals surface area contributed by atoms with E-state index in [0.717, 1.165) is 21.7 Å². The molecule has 0 aliphatic rings. The summed E-state index contributed by atoms with van der Waals surface area (Å²) in [6.45, 7) is 9.04. The molecule has 0 radical (unpaired) electrons. The van der Waals surface area contributed by atoms with Gasteiger partial charge < -0.3 is 19.7 Å². The van der Waals surface area contributed by atoms with Gasteiger partial charge in [-0.05, 0) is 51.8 Å². The van der Waals surface area contributed by atoms with Crippen molar-refractivity contribution in [2.45, 2.75) is 59.2 Å². The highest BCUT2D eigenvalue weighted by Crippen LogP contribution is 2.32. The first kappa shape index (κ1) is 30.0. The van der Waals surface area contributed by atoms with Gasteiger partial charge in [0.1, 0.15) is 12.6 Å². The van der Waals surface area contributed by atoms with E-state index in [1.807, 2.05) is 58.9 Å². The van der Waals surface area contributed by atoms with Gasteiger partial charge in [-0.3, -0.25) is 13.9 Å². The minimum absolute atomic E-state index is 0.153. The number of carbonyl (C=O) groups is 2. The molecule has 0 fully saturated rings. The third-order valence-corrected chi connectivity index (χ3v) is 6.79. The Morgan fingerprint density at radius 1 is 1.03 bits per heavy atom. The smallest absolute Gasteiger partial charge is 0.244 e. The zero-order valence-electron chi connectivity index (χ0n) is 23.0. The van der Waals surface area contributed by atoms with Crippen molar-refractivity contribution < 1.29 is 27.5 Å². The Balaban J connectivity index is 2.51. The van der Waals surface area contributed by atoms with Crippen molar-refractivity contribution in [2.24, 2.45) is 0 Å². The molecule has 37 heavy (non-hydrogen) atoms. The van der Waals surface area contributed by atoms with Crippen LogP contribution in [0, 0.1) is 6.92 Å². The maximum absolute atomic E-state index is 13.8. The van der Waals surface area contributed by atoms with Crippen molar-refractivity contribution in [3.63, 3.8) is 0 Å². The molecule has 1 N–H and O–H groups in total. The van der Waals surface area contributed by atoms with Gasteiger partial charge in [0.15, 0.2) is 11.5 Å². The van der Waals surface area contributed by atoms with E-state index < -0.39 is 34.1 Å². The summed E-state index contributed by atoms with van der Waals surface area (Å²) in [6, 6.07) is 11.5. The summed E-state index contributed by atoms with van der Waals surface area (Å²) < 4.78 is 37.2. The molecule has 0 aliphatic heterocycles. The first-order valence-electron chi connectivity index (χ1n) is 12.1. The van der Waals surface area contributed by atoms with Crippen molar-refractivity contribution in [3.8, 4) is 11.5 Å². The minimum atomic E-state index is -3.86. The molecule has 2 rings (SSSR count). The van der Waals surface area contributed by atoms with Crippen LogP contribution in [0.3, 0.4) is 0 Å². The molecule has 0 bridgehead atoms. The molecule has 0 heterocycles. The van der Waals surface area contributed by atoms with Crippen molar-refractivity contribution in [1.82, 2.24) is 10.2 Å². The lowest BCUT2D eigenvalue weighted by molar-refractivity contribution is -0.141. The van der Waals surface area contributed by atoms with Crippen LogP contribution in [-0.4, -0.2) is 63.7 Å². The predicted octanol–water partition coefficient (Wildman–Crippen LogP) is 3.50. The van der Waals surface area contributed by atoms with Crippen LogP contribution in [-0.2, 0) is 26.2 Å². The van der Waals surface area contributed by atoms with Gasteiger partial charge in [-0.2, -0.15) is 0 Å². The molecule has 0 unspecified atom stereocenters. The monoisotopic (exact) mass is 533 g/mol. The third-order valence-electron chi connectivity index (χ3n) is 5.65. The molecule has 2 aromatic rings. The second kappa shape index (κ2) is 12.3. The van der Waals surface area contributed by atoms with Crippen LogP contribution in [0.4, 0.5) is 5.69 Å². The van der Waals surface area contributed by atoms with Crippen molar-refractivity contribution in [1.29, 1.82) is 0 Å². The maximum Gasteiger partial charge on any atom is 0.244 e. The Hall–Kier alpha value is -3.27. The summed E-state index contributed by atoms with van der Waals surface area (Å²) >= 11 is 0. The van der Waals surface area contributed by atoms with Crippen LogP contribution in [0.15, 0.2) is 42.5 Å². The van der Waals surface area contributed by atoms with Crippen molar-refractivity contribution >= 4 is 27.5 Å². The van der Waals surface area contributed by atoms with Gasteiger partial charge in [0.05, 0.1) is 26.2 Å². The van der Waals surface area contributed by atoms with Crippen molar-refractivity contribution in [3.05, 3.63) is 53.6 Å². The highest BCUT2D eigenvalue weighted by atomic mass is 32.2. The molecular formula is C27H39N3O6S. The average Bonchev–Trinajstić information content (AvgIpc) is 2.80. The van der Waals surface area contributed by atoms with Crippen LogP contribution in [0.2, 0.25) is 0 Å². The van der Waals surface area contributed by atoms with Crippen LogP contribution < -0.4 is 19.1 Å². The number of ether oxygens (including phenoxy) is 2. The first-order valence-corrected chi connectivity index (χ1v) is 13.9. The summed E-state index contributed by atoms with van der Waals surface area (Å²) in [4.78, 5) is 28.5. The topological polar surface area (TPSA) is 105 Å². The molecule has 0 aliphatic carbocycles. The van der Waals surface area contributed by atoms with E-state index in [-0.39, 0.29) is 18.1 Å². The summed E-state index contributed by atoms with van der Waals surface area (Å²) in [5.41, 5.74) is 1.60. The molecule has 0 saturated carbocycles. The minimum Gasteiger partial charge on any atom is -0.493 e. The molecule has 204 valence electrons. The van der Waals surface area contributed by atoms with Crippen LogP contribution in [0.25, 0.3) is 0 Å². The first-order chi connectivity index (χ1) is 17.2. The number of hydrogen-bond acceptors (Lipinski definition) is 6. The molecule has 0 aromatic heterocycles. The molecule has 9 nitrogen and oxygen atoms in total. The number of nitrogens with zero attached hydrogens (tertiary/aromatic N) is 2. The molecule has 0 saturated heterocycles. The lowest BCUT2D eigenvalue weighted by atomic mass is 10.0. The summed E-state index contributed by atoms with van der Waals surface area (Å²) in [5.74, 6) is -0.0450. The molecule has 1 atom stereocenters. The quantitative estimate of drug-likeness (QED) is 0.474.